The summed E-state index contributed by atoms with van der Waals surface area (Å²) in [7, 11) is 0. The molecule has 2 rings (SSSR count). The predicted molar refractivity (Wildman–Crippen MR) is 77.3 cm³/mol. The molecule has 18 heavy (non-hydrogen) atoms. The Kier molecular flexibility index (Phi) is 5.21. The van der Waals surface area contributed by atoms with Crippen LogP contribution in [0.1, 0.15) is 31.7 Å². The predicted octanol–water partition coefficient (Wildman–Crippen LogP) is 2.88. The highest BCUT2D eigenvalue weighted by Crippen LogP contribution is 2.24. The van der Waals surface area contributed by atoms with Gasteiger partial charge in [0.05, 0.1) is 0 Å². The van der Waals surface area contributed by atoms with E-state index in [1.807, 2.05) is 0 Å². The van der Waals surface area contributed by atoms with Gasteiger partial charge in [-0.25, -0.2) is 0 Å². The molecule has 0 amide bonds. The van der Waals surface area contributed by atoms with Gasteiger partial charge < -0.3 is 5.73 Å². The monoisotopic (exact) mass is 246 g/mol. The maximum Gasteiger partial charge on any atom is 0.0233 e. The average molecular weight is 246 g/mol. The zero-order valence-corrected chi connectivity index (χ0v) is 11.5. The molecule has 2 heteroatoms. The van der Waals surface area contributed by atoms with Gasteiger partial charge >= 0.3 is 0 Å². The maximum absolute atomic E-state index is 5.73. The Bertz CT molecular complexity index is 336. The zero-order chi connectivity index (χ0) is 12.8. The third kappa shape index (κ3) is 4.11. The molecule has 1 heterocycles. The molecule has 2 atom stereocenters. The maximum atomic E-state index is 5.73. The van der Waals surface area contributed by atoms with Gasteiger partial charge in [-0.2, -0.15) is 0 Å². The fourth-order valence-electron chi connectivity index (χ4n) is 2.99. The summed E-state index contributed by atoms with van der Waals surface area (Å²) in [6.45, 7) is 6.71. The Morgan fingerprint density at radius 1 is 1.33 bits per heavy atom. The SMILES string of the molecule is CC(CN)CC1CCCN(Cc2ccccc2)C1. The van der Waals surface area contributed by atoms with Gasteiger partial charge in [0.2, 0.25) is 0 Å². The largest absolute Gasteiger partial charge is 0.330 e. The molecule has 1 fully saturated rings. The first-order valence-electron chi connectivity index (χ1n) is 7.24. The van der Waals surface area contributed by atoms with Crippen molar-refractivity contribution >= 4 is 0 Å². The van der Waals surface area contributed by atoms with Crippen LogP contribution >= 0.6 is 0 Å². The molecule has 0 radical (unpaired) electrons. The van der Waals surface area contributed by atoms with Crippen LogP contribution in [0.4, 0.5) is 0 Å². The van der Waals surface area contributed by atoms with Crippen molar-refractivity contribution in [3.8, 4) is 0 Å². The lowest BCUT2D eigenvalue weighted by molar-refractivity contribution is 0.152. The van der Waals surface area contributed by atoms with Crippen molar-refractivity contribution in [1.29, 1.82) is 0 Å². The van der Waals surface area contributed by atoms with E-state index in [4.69, 9.17) is 5.73 Å². The van der Waals surface area contributed by atoms with Gasteiger partial charge in [0.25, 0.3) is 0 Å². The Hall–Kier alpha value is -0.860. The standard InChI is InChI=1S/C16H26N2/c1-14(11-17)10-16-8-5-9-18(13-16)12-15-6-3-2-4-7-15/h2-4,6-7,14,16H,5,8-13,17H2,1H3. The summed E-state index contributed by atoms with van der Waals surface area (Å²) in [5.74, 6) is 1.52. The average Bonchev–Trinajstić information content (AvgIpc) is 2.40. The minimum atomic E-state index is 0.673. The summed E-state index contributed by atoms with van der Waals surface area (Å²) in [6.07, 6.45) is 4.02. The number of piperidine rings is 1. The molecule has 1 aliphatic heterocycles. The van der Waals surface area contributed by atoms with E-state index in [0.717, 1.165) is 19.0 Å². The smallest absolute Gasteiger partial charge is 0.0233 e. The molecular weight excluding hydrogens is 220 g/mol. The molecule has 1 aliphatic rings. The van der Waals surface area contributed by atoms with Crippen LogP contribution in [0.5, 0.6) is 0 Å². The summed E-state index contributed by atoms with van der Waals surface area (Å²) in [6, 6.07) is 10.8. The first-order valence-corrected chi connectivity index (χ1v) is 7.24. The fourth-order valence-corrected chi connectivity index (χ4v) is 2.99. The van der Waals surface area contributed by atoms with Crippen LogP contribution in [-0.2, 0) is 6.54 Å². The first kappa shape index (κ1) is 13.6. The number of benzene rings is 1. The Morgan fingerprint density at radius 3 is 2.83 bits per heavy atom. The van der Waals surface area contributed by atoms with Crippen molar-refractivity contribution in [2.24, 2.45) is 17.6 Å². The molecular formula is C16H26N2. The second kappa shape index (κ2) is 6.91. The van der Waals surface area contributed by atoms with E-state index in [1.54, 1.807) is 0 Å². The summed E-state index contributed by atoms with van der Waals surface area (Å²) < 4.78 is 0. The Morgan fingerprint density at radius 2 is 2.11 bits per heavy atom. The van der Waals surface area contributed by atoms with E-state index in [9.17, 15) is 0 Å². The van der Waals surface area contributed by atoms with Crippen molar-refractivity contribution < 1.29 is 0 Å². The van der Waals surface area contributed by atoms with E-state index < -0.39 is 0 Å². The van der Waals surface area contributed by atoms with Crippen molar-refractivity contribution in [1.82, 2.24) is 4.90 Å². The quantitative estimate of drug-likeness (QED) is 0.865. The van der Waals surface area contributed by atoms with Crippen LogP contribution < -0.4 is 5.73 Å². The van der Waals surface area contributed by atoms with Crippen LogP contribution in [0.3, 0.4) is 0 Å². The zero-order valence-electron chi connectivity index (χ0n) is 11.5. The van der Waals surface area contributed by atoms with E-state index in [1.165, 1.54) is 37.9 Å². The molecule has 100 valence electrons. The molecule has 1 saturated heterocycles. The third-order valence-electron chi connectivity index (χ3n) is 3.99. The highest BCUT2D eigenvalue weighted by Gasteiger charge is 2.21. The number of nitrogens with zero attached hydrogens (tertiary/aromatic N) is 1. The van der Waals surface area contributed by atoms with Crippen LogP contribution in [-0.4, -0.2) is 24.5 Å². The Labute approximate surface area is 111 Å². The number of likely N-dealkylation sites (tertiary alicyclic amines) is 1. The number of rotatable bonds is 5. The molecule has 0 aromatic heterocycles. The lowest BCUT2D eigenvalue weighted by Gasteiger charge is -2.33. The van der Waals surface area contributed by atoms with Crippen LogP contribution in [0.2, 0.25) is 0 Å². The molecule has 0 saturated carbocycles. The molecule has 0 bridgehead atoms. The van der Waals surface area contributed by atoms with Gasteiger partial charge in [-0.3, -0.25) is 4.90 Å². The second-order valence-electron chi connectivity index (χ2n) is 5.81. The van der Waals surface area contributed by atoms with Gasteiger partial charge in [-0.1, -0.05) is 37.3 Å². The van der Waals surface area contributed by atoms with Crippen molar-refractivity contribution in [2.75, 3.05) is 19.6 Å². The minimum Gasteiger partial charge on any atom is -0.330 e. The third-order valence-corrected chi connectivity index (χ3v) is 3.99. The van der Waals surface area contributed by atoms with Gasteiger partial charge in [0.15, 0.2) is 0 Å². The molecule has 2 nitrogen and oxygen atoms in total. The van der Waals surface area contributed by atoms with Gasteiger partial charge in [-0.15, -0.1) is 0 Å². The normalized spacial score (nSPS) is 22.9. The van der Waals surface area contributed by atoms with Gasteiger partial charge in [0, 0.05) is 13.1 Å². The van der Waals surface area contributed by atoms with E-state index in [0.29, 0.717) is 5.92 Å². The first-order chi connectivity index (χ1) is 8.78. The molecule has 0 aliphatic carbocycles. The van der Waals surface area contributed by atoms with Crippen LogP contribution in [0.25, 0.3) is 0 Å². The van der Waals surface area contributed by atoms with Crippen LogP contribution in [0, 0.1) is 11.8 Å². The highest BCUT2D eigenvalue weighted by atomic mass is 15.1. The van der Waals surface area contributed by atoms with E-state index in [2.05, 4.69) is 42.2 Å². The highest BCUT2D eigenvalue weighted by molar-refractivity contribution is 5.14. The molecule has 2 unspecified atom stereocenters. The molecule has 0 spiro atoms. The number of nitrogens with two attached hydrogens (primary N) is 1. The van der Waals surface area contributed by atoms with Crippen molar-refractivity contribution in [3.63, 3.8) is 0 Å². The fraction of sp³-hybridized carbons (Fsp3) is 0.625. The van der Waals surface area contributed by atoms with Crippen molar-refractivity contribution in [2.45, 2.75) is 32.7 Å². The second-order valence-corrected chi connectivity index (χ2v) is 5.81. The summed E-state index contributed by atoms with van der Waals surface area (Å²) in [4.78, 5) is 2.60. The molecule has 2 N–H and O–H groups in total. The van der Waals surface area contributed by atoms with E-state index >= 15 is 0 Å². The van der Waals surface area contributed by atoms with Gasteiger partial charge in [0.1, 0.15) is 0 Å². The van der Waals surface area contributed by atoms with Gasteiger partial charge in [-0.05, 0) is 49.8 Å². The number of hydrogen-bond acceptors (Lipinski definition) is 2. The summed E-state index contributed by atoms with van der Waals surface area (Å²) >= 11 is 0. The van der Waals surface area contributed by atoms with Crippen LogP contribution in [0.15, 0.2) is 30.3 Å². The minimum absolute atomic E-state index is 0.673. The number of hydrogen-bond donors (Lipinski definition) is 1. The lowest BCUT2D eigenvalue weighted by atomic mass is 9.89. The molecule has 1 aromatic rings. The lowest BCUT2D eigenvalue weighted by Crippen LogP contribution is -2.36. The summed E-state index contributed by atoms with van der Waals surface area (Å²) in [5, 5.41) is 0. The van der Waals surface area contributed by atoms with E-state index in [-0.39, 0.29) is 0 Å². The van der Waals surface area contributed by atoms with Crippen molar-refractivity contribution in [3.05, 3.63) is 35.9 Å². The Balaban J connectivity index is 1.83. The molecule has 1 aromatic carbocycles. The topological polar surface area (TPSA) is 29.3 Å². The summed E-state index contributed by atoms with van der Waals surface area (Å²) in [5.41, 5.74) is 7.17.